The molecule has 132 valence electrons. The zero-order valence-corrected chi connectivity index (χ0v) is 15.0. The van der Waals surface area contributed by atoms with E-state index in [0.717, 1.165) is 42.4 Å². The first-order valence-electron chi connectivity index (χ1n) is 9.47. The summed E-state index contributed by atoms with van der Waals surface area (Å²) in [6.07, 6.45) is 1.79. The van der Waals surface area contributed by atoms with Crippen LogP contribution >= 0.6 is 0 Å². The lowest BCUT2D eigenvalue weighted by atomic mass is 9.79. The highest BCUT2D eigenvalue weighted by Gasteiger charge is 2.39. The summed E-state index contributed by atoms with van der Waals surface area (Å²) in [5, 5.41) is 4.61. The molecule has 0 radical (unpaired) electrons. The molecule has 0 spiro atoms. The van der Waals surface area contributed by atoms with E-state index in [1.54, 1.807) is 0 Å². The van der Waals surface area contributed by atoms with Gasteiger partial charge in [0.15, 0.2) is 5.78 Å². The Balaban J connectivity index is 1.61. The first-order valence-corrected chi connectivity index (χ1v) is 9.47. The Bertz CT molecular complexity index is 982. The number of hydrogen-bond donors (Lipinski definition) is 0. The quantitative estimate of drug-likeness (QED) is 0.513. The van der Waals surface area contributed by atoms with E-state index in [1.165, 1.54) is 10.8 Å². The summed E-state index contributed by atoms with van der Waals surface area (Å²) in [5.41, 5.74) is 0.882. The Hall–Kier alpha value is -2.23. The van der Waals surface area contributed by atoms with Crippen LogP contribution in [-0.4, -0.2) is 43.0 Å². The molecule has 5 rings (SSSR count). The molecule has 2 aliphatic heterocycles. The minimum absolute atomic E-state index is 0.0923. The summed E-state index contributed by atoms with van der Waals surface area (Å²) in [6.45, 7) is 1.49. The van der Waals surface area contributed by atoms with Crippen LogP contribution in [0.5, 0.6) is 0 Å². The van der Waals surface area contributed by atoms with Crippen molar-refractivity contribution in [2.24, 2.45) is 5.92 Å². The van der Waals surface area contributed by atoms with Crippen LogP contribution in [0, 0.1) is 5.92 Å². The Kier molecular flexibility index (Phi) is 3.80. The monoisotopic (exact) mass is 345 g/mol. The number of Topliss-reactive ketones (excluding diaryl/α,β-unsaturated/α-hetero) is 1. The minimum atomic E-state index is 0.0923. The molecule has 0 amide bonds. The number of fused-ring (bicyclic) bond motifs is 5. The van der Waals surface area contributed by atoms with Crippen molar-refractivity contribution in [3.05, 3.63) is 60.2 Å². The second kappa shape index (κ2) is 6.19. The molecular weight excluding hydrogens is 322 g/mol. The maximum Gasteiger partial charge on any atom is 0.166 e. The SMILES string of the molecule is CN1C2COCC1CC(C(=O)c1cc3ccccc3c3ccccc13)C2. The predicted molar refractivity (Wildman–Crippen MR) is 105 cm³/mol. The molecule has 0 N–H and O–H groups in total. The second-order valence-corrected chi connectivity index (χ2v) is 7.73. The molecule has 0 saturated carbocycles. The van der Waals surface area contributed by atoms with Gasteiger partial charge in [0.1, 0.15) is 0 Å². The van der Waals surface area contributed by atoms with Crippen LogP contribution in [0.4, 0.5) is 0 Å². The van der Waals surface area contributed by atoms with Gasteiger partial charge in [-0.1, -0.05) is 48.5 Å². The maximum atomic E-state index is 13.5. The van der Waals surface area contributed by atoms with E-state index < -0.39 is 0 Å². The van der Waals surface area contributed by atoms with Crippen molar-refractivity contribution in [3.63, 3.8) is 0 Å². The van der Waals surface area contributed by atoms with Crippen LogP contribution in [0.3, 0.4) is 0 Å². The summed E-state index contributed by atoms with van der Waals surface area (Å²) >= 11 is 0. The van der Waals surface area contributed by atoms with Gasteiger partial charge in [0.2, 0.25) is 0 Å². The zero-order chi connectivity index (χ0) is 17.7. The summed E-state index contributed by atoms with van der Waals surface area (Å²) in [5.74, 6) is 0.395. The van der Waals surface area contributed by atoms with Crippen LogP contribution in [0.15, 0.2) is 54.6 Å². The summed E-state index contributed by atoms with van der Waals surface area (Å²) in [7, 11) is 2.17. The molecule has 3 heteroatoms. The lowest BCUT2D eigenvalue weighted by Gasteiger charge is -2.46. The van der Waals surface area contributed by atoms with Crippen molar-refractivity contribution in [1.82, 2.24) is 4.90 Å². The van der Waals surface area contributed by atoms with E-state index in [9.17, 15) is 4.79 Å². The topological polar surface area (TPSA) is 29.5 Å². The number of carbonyl (C=O) groups excluding carboxylic acids is 1. The number of piperidine rings is 1. The van der Waals surface area contributed by atoms with Crippen molar-refractivity contribution in [3.8, 4) is 0 Å². The van der Waals surface area contributed by atoms with Crippen molar-refractivity contribution in [1.29, 1.82) is 0 Å². The number of nitrogens with zero attached hydrogens (tertiary/aromatic N) is 1. The largest absolute Gasteiger partial charge is 0.378 e. The molecule has 0 aliphatic carbocycles. The molecule has 26 heavy (non-hydrogen) atoms. The van der Waals surface area contributed by atoms with E-state index in [1.807, 2.05) is 12.1 Å². The molecule has 0 aromatic heterocycles. The Morgan fingerprint density at radius 2 is 1.54 bits per heavy atom. The zero-order valence-electron chi connectivity index (χ0n) is 15.0. The number of benzene rings is 3. The number of ether oxygens (including phenoxy) is 1. The molecule has 3 aromatic rings. The highest BCUT2D eigenvalue weighted by Crippen LogP contribution is 2.35. The predicted octanol–water partition coefficient (Wildman–Crippen LogP) is 4.28. The third kappa shape index (κ3) is 2.46. The van der Waals surface area contributed by atoms with Gasteiger partial charge in [-0.05, 0) is 47.5 Å². The average Bonchev–Trinajstić information content (AvgIpc) is 2.66. The van der Waals surface area contributed by atoms with Crippen LogP contribution in [0.25, 0.3) is 21.5 Å². The Morgan fingerprint density at radius 3 is 2.27 bits per heavy atom. The number of rotatable bonds is 2. The van der Waals surface area contributed by atoms with Gasteiger partial charge in [-0.3, -0.25) is 9.69 Å². The standard InChI is InChI=1S/C23H23NO2/c1-24-17-10-16(11-18(24)14-26-13-17)23(25)22-12-15-6-2-3-7-19(15)20-8-4-5-9-21(20)22/h2-9,12,16-18H,10-11,13-14H2,1H3. The molecule has 3 aromatic carbocycles. The molecular formula is C23H23NO2. The minimum Gasteiger partial charge on any atom is -0.378 e. The van der Waals surface area contributed by atoms with Crippen LogP contribution in [0.2, 0.25) is 0 Å². The van der Waals surface area contributed by atoms with E-state index in [2.05, 4.69) is 54.4 Å². The van der Waals surface area contributed by atoms with Crippen molar-refractivity contribution < 1.29 is 9.53 Å². The summed E-state index contributed by atoms with van der Waals surface area (Å²) in [6, 6.07) is 19.5. The Labute approximate surface area is 153 Å². The fraction of sp³-hybridized carbons (Fsp3) is 0.348. The third-order valence-corrected chi connectivity index (χ3v) is 6.29. The third-order valence-electron chi connectivity index (χ3n) is 6.29. The van der Waals surface area contributed by atoms with E-state index in [4.69, 9.17) is 4.74 Å². The molecule has 2 bridgehead atoms. The fourth-order valence-corrected chi connectivity index (χ4v) is 4.79. The van der Waals surface area contributed by atoms with Gasteiger partial charge in [-0.25, -0.2) is 0 Å². The van der Waals surface area contributed by atoms with Crippen molar-refractivity contribution in [2.45, 2.75) is 24.9 Å². The van der Waals surface area contributed by atoms with Crippen LogP contribution in [0.1, 0.15) is 23.2 Å². The molecule has 2 heterocycles. The lowest BCUT2D eigenvalue weighted by Crippen LogP contribution is -2.55. The summed E-state index contributed by atoms with van der Waals surface area (Å²) < 4.78 is 5.72. The second-order valence-electron chi connectivity index (χ2n) is 7.73. The normalized spacial score (nSPS) is 26.3. The van der Waals surface area contributed by atoms with Gasteiger partial charge in [-0.15, -0.1) is 0 Å². The first-order chi connectivity index (χ1) is 12.7. The van der Waals surface area contributed by atoms with Gasteiger partial charge < -0.3 is 4.74 Å². The molecule has 3 nitrogen and oxygen atoms in total. The molecule has 2 unspecified atom stereocenters. The number of ketones is 1. The molecule has 2 fully saturated rings. The number of likely N-dealkylation sites (N-methyl/N-ethyl adjacent to an activating group) is 1. The molecule has 2 aliphatic rings. The van der Waals surface area contributed by atoms with Gasteiger partial charge in [0.05, 0.1) is 13.2 Å². The van der Waals surface area contributed by atoms with Crippen LogP contribution < -0.4 is 0 Å². The van der Waals surface area contributed by atoms with Crippen molar-refractivity contribution in [2.75, 3.05) is 20.3 Å². The summed E-state index contributed by atoms with van der Waals surface area (Å²) in [4.78, 5) is 15.9. The van der Waals surface area contributed by atoms with Gasteiger partial charge in [-0.2, -0.15) is 0 Å². The Morgan fingerprint density at radius 1 is 0.923 bits per heavy atom. The fourth-order valence-electron chi connectivity index (χ4n) is 4.79. The highest BCUT2D eigenvalue weighted by molar-refractivity contribution is 6.18. The number of morpholine rings is 1. The number of hydrogen-bond acceptors (Lipinski definition) is 3. The molecule has 2 atom stereocenters. The van der Waals surface area contributed by atoms with Gasteiger partial charge in [0.25, 0.3) is 0 Å². The smallest absolute Gasteiger partial charge is 0.166 e. The van der Waals surface area contributed by atoms with Gasteiger partial charge >= 0.3 is 0 Å². The average molecular weight is 345 g/mol. The van der Waals surface area contributed by atoms with E-state index >= 15 is 0 Å². The van der Waals surface area contributed by atoms with E-state index in [-0.39, 0.29) is 5.92 Å². The van der Waals surface area contributed by atoms with Crippen LogP contribution in [-0.2, 0) is 4.74 Å². The van der Waals surface area contributed by atoms with Crippen molar-refractivity contribution >= 4 is 27.3 Å². The lowest BCUT2D eigenvalue weighted by molar-refractivity contribution is -0.0702. The maximum absolute atomic E-state index is 13.5. The van der Waals surface area contributed by atoms with E-state index in [0.29, 0.717) is 17.9 Å². The first kappa shape index (κ1) is 16.0. The molecule has 2 saturated heterocycles. The number of carbonyl (C=O) groups is 1. The van der Waals surface area contributed by atoms with Gasteiger partial charge in [0, 0.05) is 23.6 Å². The highest BCUT2D eigenvalue weighted by atomic mass is 16.5.